The van der Waals surface area contributed by atoms with Gasteiger partial charge in [-0.25, -0.2) is 8.78 Å². The zero-order chi connectivity index (χ0) is 12.5. The van der Waals surface area contributed by atoms with E-state index in [9.17, 15) is 8.78 Å². The highest BCUT2D eigenvalue weighted by atomic mass is 19.1. The van der Waals surface area contributed by atoms with Gasteiger partial charge in [0.1, 0.15) is 11.6 Å². The third-order valence-electron chi connectivity index (χ3n) is 3.40. The zero-order valence-corrected chi connectivity index (χ0v) is 9.99. The predicted octanol–water partition coefficient (Wildman–Crippen LogP) is 2.09. The molecule has 2 aliphatic heterocycles. The molecule has 98 valence electrons. The molecule has 0 saturated carbocycles. The van der Waals surface area contributed by atoms with Gasteiger partial charge in [-0.15, -0.1) is 0 Å². The number of hydrogen-bond donors (Lipinski definition) is 0. The summed E-state index contributed by atoms with van der Waals surface area (Å²) in [6, 6.07) is 2.36. The van der Waals surface area contributed by atoms with Crippen LogP contribution in [0.25, 0.3) is 0 Å². The highest BCUT2D eigenvalue weighted by molar-refractivity contribution is 5.59. The fourth-order valence-corrected chi connectivity index (χ4v) is 2.59. The van der Waals surface area contributed by atoms with Crippen LogP contribution in [-0.2, 0) is 15.9 Å². The molecule has 1 aromatic carbocycles. The highest BCUT2D eigenvalue weighted by Crippen LogP contribution is 2.32. The van der Waals surface area contributed by atoms with E-state index in [-0.39, 0.29) is 6.29 Å². The number of anilines is 1. The summed E-state index contributed by atoms with van der Waals surface area (Å²) < 4.78 is 37.5. The van der Waals surface area contributed by atoms with Gasteiger partial charge in [-0.05, 0) is 18.1 Å². The summed E-state index contributed by atoms with van der Waals surface area (Å²) in [4.78, 5) is 1.94. The van der Waals surface area contributed by atoms with Crippen LogP contribution in [0.3, 0.4) is 0 Å². The molecule has 0 bridgehead atoms. The van der Waals surface area contributed by atoms with Crippen molar-refractivity contribution < 1.29 is 18.3 Å². The Hall–Kier alpha value is -1.20. The van der Waals surface area contributed by atoms with E-state index in [1.165, 1.54) is 6.07 Å². The van der Waals surface area contributed by atoms with Crippen molar-refractivity contribution >= 4 is 5.69 Å². The van der Waals surface area contributed by atoms with Gasteiger partial charge in [0.05, 0.1) is 18.9 Å². The minimum atomic E-state index is -0.504. The first-order valence-electron chi connectivity index (χ1n) is 6.20. The lowest BCUT2D eigenvalue weighted by Gasteiger charge is -2.21. The maximum Gasteiger partial charge on any atom is 0.159 e. The molecule has 1 fully saturated rings. The van der Waals surface area contributed by atoms with Gasteiger partial charge in [0, 0.05) is 25.6 Å². The van der Waals surface area contributed by atoms with Gasteiger partial charge < -0.3 is 14.4 Å². The van der Waals surface area contributed by atoms with Crippen LogP contribution in [0, 0.1) is 11.6 Å². The molecule has 0 amide bonds. The Bertz CT molecular complexity index is 447. The molecule has 0 unspecified atom stereocenters. The summed E-state index contributed by atoms with van der Waals surface area (Å²) >= 11 is 0. The van der Waals surface area contributed by atoms with Crippen molar-refractivity contribution in [3.8, 4) is 0 Å². The molecule has 18 heavy (non-hydrogen) atoms. The van der Waals surface area contributed by atoms with Crippen molar-refractivity contribution in [1.82, 2.24) is 0 Å². The van der Waals surface area contributed by atoms with Crippen LogP contribution in [0.15, 0.2) is 12.1 Å². The summed E-state index contributed by atoms with van der Waals surface area (Å²) in [6.45, 7) is 2.64. The average molecular weight is 255 g/mol. The largest absolute Gasteiger partial charge is 0.368 e. The van der Waals surface area contributed by atoms with Crippen LogP contribution in [0.4, 0.5) is 14.5 Å². The molecule has 2 aliphatic rings. The van der Waals surface area contributed by atoms with Crippen LogP contribution >= 0.6 is 0 Å². The number of halogens is 2. The number of nitrogens with zero attached hydrogens (tertiary/aromatic N) is 1. The Labute approximate surface area is 104 Å². The minimum absolute atomic E-state index is 0.183. The molecule has 1 aromatic rings. The second-order valence-electron chi connectivity index (χ2n) is 4.59. The first kappa shape index (κ1) is 11.9. The Morgan fingerprint density at radius 2 is 2.00 bits per heavy atom. The molecule has 1 saturated heterocycles. The van der Waals surface area contributed by atoms with E-state index < -0.39 is 11.6 Å². The van der Waals surface area contributed by atoms with Crippen molar-refractivity contribution in [3.63, 3.8) is 0 Å². The van der Waals surface area contributed by atoms with Gasteiger partial charge in [0.25, 0.3) is 0 Å². The lowest BCUT2D eigenvalue weighted by atomic mass is 10.1. The minimum Gasteiger partial charge on any atom is -0.368 e. The highest BCUT2D eigenvalue weighted by Gasteiger charge is 2.25. The van der Waals surface area contributed by atoms with Crippen molar-refractivity contribution in [2.75, 3.05) is 31.2 Å². The van der Waals surface area contributed by atoms with Crippen molar-refractivity contribution in [2.24, 2.45) is 0 Å². The molecule has 0 N–H and O–H groups in total. The molecule has 3 rings (SSSR count). The number of hydrogen-bond acceptors (Lipinski definition) is 3. The number of ether oxygens (including phenoxy) is 2. The summed E-state index contributed by atoms with van der Waals surface area (Å²) in [5.41, 5.74) is 1.29. The van der Waals surface area contributed by atoms with Crippen molar-refractivity contribution in [1.29, 1.82) is 0 Å². The lowest BCUT2D eigenvalue weighted by molar-refractivity contribution is -0.0448. The van der Waals surface area contributed by atoms with E-state index in [1.807, 2.05) is 4.90 Å². The van der Waals surface area contributed by atoms with Crippen molar-refractivity contribution in [2.45, 2.75) is 19.1 Å². The van der Waals surface area contributed by atoms with Gasteiger partial charge in [0.15, 0.2) is 6.29 Å². The van der Waals surface area contributed by atoms with E-state index in [1.54, 1.807) is 0 Å². The van der Waals surface area contributed by atoms with Crippen LogP contribution in [0.2, 0.25) is 0 Å². The Kier molecular flexibility index (Phi) is 3.18. The van der Waals surface area contributed by atoms with E-state index >= 15 is 0 Å². The number of rotatable bonds is 3. The third kappa shape index (κ3) is 2.20. The summed E-state index contributed by atoms with van der Waals surface area (Å²) in [5.74, 6) is -0.980. The molecule has 2 heterocycles. The van der Waals surface area contributed by atoms with E-state index in [0.29, 0.717) is 38.3 Å². The SMILES string of the molecule is Fc1cc(F)c2c(c1)CCN2CCC1OCCO1. The molecule has 0 radical (unpaired) electrons. The zero-order valence-electron chi connectivity index (χ0n) is 9.99. The normalized spacial score (nSPS) is 19.6. The first-order chi connectivity index (χ1) is 8.74. The second-order valence-corrected chi connectivity index (χ2v) is 4.59. The standard InChI is InChI=1S/C13H15F2NO2/c14-10-7-9-1-3-16(13(9)11(15)8-10)4-2-12-17-5-6-18-12/h7-8,12H,1-6H2. The smallest absolute Gasteiger partial charge is 0.159 e. The van der Waals surface area contributed by atoms with Crippen molar-refractivity contribution in [3.05, 3.63) is 29.3 Å². The number of fused-ring (bicyclic) bond motifs is 1. The average Bonchev–Trinajstić information content (AvgIpc) is 2.94. The van der Waals surface area contributed by atoms with Gasteiger partial charge in [-0.2, -0.15) is 0 Å². The van der Waals surface area contributed by atoms with Gasteiger partial charge >= 0.3 is 0 Å². The third-order valence-corrected chi connectivity index (χ3v) is 3.40. The van der Waals surface area contributed by atoms with E-state index in [0.717, 1.165) is 18.2 Å². The molecule has 0 atom stereocenters. The van der Waals surface area contributed by atoms with Gasteiger partial charge in [-0.1, -0.05) is 0 Å². The number of benzene rings is 1. The quantitative estimate of drug-likeness (QED) is 0.825. The fraction of sp³-hybridized carbons (Fsp3) is 0.538. The maximum absolute atomic E-state index is 13.8. The predicted molar refractivity (Wildman–Crippen MR) is 62.6 cm³/mol. The Balaban J connectivity index is 1.70. The van der Waals surface area contributed by atoms with E-state index in [2.05, 4.69) is 0 Å². The lowest BCUT2D eigenvalue weighted by Crippen LogP contribution is -2.26. The molecule has 0 spiro atoms. The van der Waals surface area contributed by atoms with Crippen LogP contribution in [0.1, 0.15) is 12.0 Å². The summed E-state index contributed by atoms with van der Waals surface area (Å²) in [5, 5.41) is 0. The van der Waals surface area contributed by atoms with Crippen LogP contribution in [0.5, 0.6) is 0 Å². The van der Waals surface area contributed by atoms with E-state index in [4.69, 9.17) is 9.47 Å². The van der Waals surface area contributed by atoms with Gasteiger partial charge in [-0.3, -0.25) is 0 Å². The van der Waals surface area contributed by atoms with Gasteiger partial charge in [0.2, 0.25) is 0 Å². The Morgan fingerprint density at radius 3 is 2.78 bits per heavy atom. The summed E-state index contributed by atoms with van der Waals surface area (Å²) in [6.07, 6.45) is 1.21. The topological polar surface area (TPSA) is 21.7 Å². The van der Waals surface area contributed by atoms with Crippen LogP contribution in [-0.4, -0.2) is 32.6 Å². The maximum atomic E-state index is 13.8. The summed E-state index contributed by atoms with van der Waals surface area (Å²) in [7, 11) is 0. The Morgan fingerprint density at radius 1 is 1.22 bits per heavy atom. The monoisotopic (exact) mass is 255 g/mol. The molecular weight excluding hydrogens is 240 g/mol. The second kappa shape index (κ2) is 4.82. The molecule has 0 aromatic heterocycles. The first-order valence-corrected chi connectivity index (χ1v) is 6.20. The molecule has 5 heteroatoms. The molecule has 3 nitrogen and oxygen atoms in total. The molecule has 0 aliphatic carbocycles. The molecular formula is C13H15F2NO2. The van der Waals surface area contributed by atoms with Crippen LogP contribution < -0.4 is 4.90 Å². The fourth-order valence-electron chi connectivity index (χ4n) is 2.59.